The van der Waals surface area contributed by atoms with Crippen LogP contribution in [-0.2, 0) is 9.63 Å². The minimum atomic E-state index is -0.892. The molecule has 17 heavy (non-hydrogen) atoms. The predicted octanol–water partition coefficient (Wildman–Crippen LogP) is 1.14. The molecule has 0 bridgehead atoms. The molecule has 1 unspecified atom stereocenters. The Bertz CT molecular complexity index is 187. The Hall–Kier alpha value is -0.650. The highest BCUT2D eigenvalue weighted by atomic mass is 16.7. The fraction of sp³-hybridized carbons (Fsp3) is 0.917. The minimum absolute atomic E-state index is 0.0543. The highest BCUT2D eigenvalue weighted by Gasteiger charge is 2.05. The Morgan fingerprint density at radius 2 is 1.88 bits per heavy atom. The third-order valence-electron chi connectivity index (χ3n) is 2.45. The van der Waals surface area contributed by atoms with E-state index in [1.807, 2.05) is 0 Å². The zero-order chi connectivity index (χ0) is 12.9. The lowest BCUT2D eigenvalue weighted by Crippen LogP contribution is -2.31. The minimum Gasteiger partial charge on any atom is -0.394 e. The van der Waals surface area contributed by atoms with Crippen molar-refractivity contribution in [2.45, 2.75) is 58.0 Å². The maximum absolute atomic E-state index is 11.2. The van der Waals surface area contributed by atoms with Crippen LogP contribution in [0.4, 0.5) is 0 Å². The first-order valence-corrected chi connectivity index (χ1v) is 6.42. The molecule has 0 fully saturated rings. The molecule has 0 aliphatic heterocycles. The summed E-state index contributed by atoms with van der Waals surface area (Å²) in [7, 11) is 0. The van der Waals surface area contributed by atoms with E-state index in [1.54, 1.807) is 0 Å². The smallest absolute Gasteiger partial charge is 0.324 e. The predicted molar refractivity (Wildman–Crippen MR) is 65.2 cm³/mol. The largest absolute Gasteiger partial charge is 0.394 e. The molecule has 0 aromatic rings. The number of hydrogen-bond donors (Lipinski definition) is 3. The first-order valence-electron chi connectivity index (χ1n) is 6.42. The summed E-state index contributed by atoms with van der Waals surface area (Å²) >= 11 is 0. The Balaban J connectivity index is 3.23. The Morgan fingerprint density at radius 1 is 1.24 bits per heavy atom. The van der Waals surface area contributed by atoms with Crippen LogP contribution in [0.2, 0.25) is 0 Å². The Morgan fingerprint density at radius 3 is 2.53 bits per heavy atom. The van der Waals surface area contributed by atoms with Crippen LogP contribution in [0.1, 0.15) is 51.9 Å². The summed E-state index contributed by atoms with van der Waals surface area (Å²) in [5.41, 5.74) is 2.34. The summed E-state index contributed by atoms with van der Waals surface area (Å²) in [6.07, 6.45) is 6.26. The van der Waals surface area contributed by atoms with E-state index < -0.39 is 6.10 Å². The van der Waals surface area contributed by atoms with Crippen molar-refractivity contribution in [2.24, 2.45) is 0 Å². The van der Waals surface area contributed by atoms with E-state index in [2.05, 4.69) is 17.2 Å². The molecular weight excluding hydrogens is 222 g/mol. The Labute approximate surface area is 103 Å². The van der Waals surface area contributed by atoms with Gasteiger partial charge in [0, 0.05) is 6.42 Å². The normalized spacial score (nSPS) is 12.4. The van der Waals surface area contributed by atoms with Crippen molar-refractivity contribution in [3.05, 3.63) is 0 Å². The third kappa shape index (κ3) is 11.6. The molecule has 0 saturated carbocycles. The van der Waals surface area contributed by atoms with Crippen LogP contribution >= 0.6 is 0 Å². The summed E-state index contributed by atoms with van der Waals surface area (Å²) in [6.45, 7) is 1.88. The van der Waals surface area contributed by atoms with Crippen LogP contribution in [0.25, 0.3) is 0 Å². The second-order valence-electron chi connectivity index (χ2n) is 4.18. The van der Waals surface area contributed by atoms with Gasteiger partial charge in [-0.2, -0.15) is 5.48 Å². The number of hydrogen-bond acceptors (Lipinski definition) is 5. The van der Waals surface area contributed by atoms with Gasteiger partial charge in [0.25, 0.3) is 0 Å². The van der Waals surface area contributed by atoms with Crippen molar-refractivity contribution in [3.63, 3.8) is 0 Å². The van der Waals surface area contributed by atoms with Gasteiger partial charge in [-0.3, -0.25) is 4.79 Å². The quantitative estimate of drug-likeness (QED) is 0.377. The number of aliphatic hydroxyl groups excluding tert-OH is 2. The fourth-order valence-electron chi connectivity index (χ4n) is 1.38. The topological polar surface area (TPSA) is 78.8 Å². The van der Waals surface area contributed by atoms with E-state index >= 15 is 0 Å². The maximum Gasteiger partial charge on any atom is 0.324 e. The van der Waals surface area contributed by atoms with Gasteiger partial charge in [-0.25, -0.2) is 0 Å². The zero-order valence-electron chi connectivity index (χ0n) is 10.7. The van der Waals surface area contributed by atoms with Gasteiger partial charge in [0.1, 0.15) is 0 Å². The number of hydroxylamine groups is 1. The fourth-order valence-corrected chi connectivity index (χ4v) is 1.38. The molecule has 3 N–H and O–H groups in total. The lowest BCUT2D eigenvalue weighted by molar-refractivity contribution is -0.152. The van der Waals surface area contributed by atoms with Crippen molar-refractivity contribution in [2.75, 3.05) is 13.2 Å². The zero-order valence-corrected chi connectivity index (χ0v) is 10.7. The highest BCUT2D eigenvalue weighted by Crippen LogP contribution is 2.07. The van der Waals surface area contributed by atoms with Gasteiger partial charge >= 0.3 is 5.97 Å². The van der Waals surface area contributed by atoms with E-state index in [-0.39, 0.29) is 19.1 Å². The molecule has 5 heteroatoms. The van der Waals surface area contributed by atoms with E-state index in [9.17, 15) is 4.79 Å². The van der Waals surface area contributed by atoms with Gasteiger partial charge < -0.3 is 15.1 Å². The maximum atomic E-state index is 11.2. The van der Waals surface area contributed by atoms with Crippen molar-refractivity contribution in [3.8, 4) is 0 Å². The van der Waals surface area contributed by atoms with Gasteiger partial charge in [0.05, 0.1) is 19.3 Å². The van der Waals surface area contributed by atoms with Crippen LogP contribution < -0.4 is 5.48 Å². The number of carbonyl (C=O) groups is 1. The monoisotopic (exact) mass is 247 g/mol. The molecular formula is C12H25NO4. The van der Waals surface area contributed by atoms with Gasteiger partial charge in [-0.1, -0.05) is 39.0 Å². The van der Waals surface area contributed by atoms with Crippen LogP contribution in [0.3, 0.4) is 0 Å². The van der Waals surface area contributed by atoms with Crippen LogP contribution in [0, 0.1) is 0 Å². The summed E-state index contributed by atoms with van der Waals surface area (Å²) < 4.78 is 0. The first kappa shape index (κ1) is 16.4. The molecule has 0 amide bonds. The van der Waals surface area contributed by atoms with Crippen LogP contribution in [0.5, 0.6) is 0 Å². The molecule has 0 aromatic carbocycles. The molecule has 0 heterocycles. The molecule has 1 atom stereocenters. The van der Waals surface area contributed by atoms with Gasteiger partial charge in [-0.15, -0.1) is 0 Å². The molecule has 0 saturated heterocycles. The van der Waals surface area contributed by atoms with Crippen molar-refractivity contribution >= 4 is 5.97 Å². The average molecular weight is 247 g/mol. The molecule has 0 aliphatic rings. The van der Waals surface area contributed by atoms with Crippen molar-refractivity contribution < 1.29 is 19.8 Å². The average Bonchev–Trinajstić information content (AvgIpc) is 2.33. The second-order valence-corrected chi connectivity index (χ2v) is 4.18. The number of rotatable bonds is 11. The van der Waals surface area contributed by atoms with E-state index in [0.717, 1.165) is 19.3 Å². The summed E-state index contributed by atoms with van der Waals surface area (Å²) in [5, 5.41) is 17.5. The molecule has 0 spiro atoms. The van der Waals surface area contributed by atoms with Gasteiger partial charge in [0.15, 0.2) is 0 Å². The van der Waals surface area contributed by atoms with Gasteiger partial charge in [0.2, 0.25) is 0 Å². The number of aliphatic hydroxyl groups is 2. The summed E-state index contributed by atoms with van der Waals surface area (Å²) in [5.74, 6) is -0.314. The lowest BCUT2D eigenvalue weighted by Gasteiger charge is -2.08. The van der Waals surface area contributed by atoms with Crippen molar-refractivity contribution in [1.29, 1.82) is 0 Å². The molecule has 5 nitrogen and oxygen atoms in total. The third-order valence-corrected chi connectivity index (χ3v) is 2.45. The molecule has 0 rings (SSSR count). The molecule has 102 valence electrons. The van der Waals surface area contributed by atoms with E-state index in [1.165, 1.54) is 19.3 Å². The summed E-state index contributed by atoms with van der Waals surface area (Å²) in [4.78, 5) is 15.9. The Kier molecular flexibility index (Phi) is 11.4. The molecule has 0 aromatic heterocycles. The summed E-state index contributed by atoms with van der Waals surface area (Å²) in [6, 6.07) is 0. The first-order chi connectivity index (χ1) is 8.20. The standard InChI is InChI=1S/C12H25NO4/c1-2-3-4-5-6-7-8-12(16)17-13-9-11(15)10-14/h11,13-15H,2-10H2,1H3. The number of unbranched alkanes of at least 4 members (excludes halogenated alkanes) is 5. The molecule has 0 radical (unpaired) electrons. The van der Waals surface area contributed by atoms with Crippen LogP contribution in [0.15, 0.2) is 0 Å². The van der Waals surface area contributed by atoms with E-state index in [4.69, 9.17) is 10.2 Å². The second kappa shape index (κ2) is 11.8. The molecule has 0 aliphatic carbocycles. The van der Waals surface area contributed by atoms with E-state index in [0.29, 0.717) is 6.42 Å². The highest BCUT2D eigenvalue weighted by molar-refractivity contribution is 5.68. The SMILES string of the molecule is CCCCCCCCC(=O)ONCC(O)CO. The lowest BCUT2D eigenvalue weighted by atomic mass is 10.1. The van der Waals surface area contributed by atoms with Gasteiger partial charge in [-0.05, 0) is 6.42 Å². The van der Waals surface area contributed by atoms with Crippen molar-refractivity contribution in [1.82, 2.24) is 5.48 Å². The number of nitrogens with one attached hydrogen (secondary N) is 1. The van der Waals surface area contributed by atoms with Crippen LogP contribution in [-0.4, -0.2) is 35.4 Å². The number of carbonyl (C=O) groups excluding carboxylic acids is 1.